The van der Waals surface area contributed by atoms with Gasteiger partial charge in [-0.15, -0.1) is 22.7 Å². The summed E-state index contributed by atoms with van der Waals surface area (Å²) in [5.74, 6) is 0. The Morgan fingerprint density at radius 2 is 1.02 bits per heavy atom. The van der Waals surface area contributed by atoms with Crippen LogP contribution in [0.2, 0.25) is 0 Å². The Hall–Kier alpha value is -6.46. The van der Waals surface area contributed by atoms with Gasteiger partial charge in [-0.3, -0.25) is 0 Å². The molecule has 250 valence electrons. The summed E-state index contributed by atoms with van der Waals surface area (Å²) >= 11 is 3.63. The first-order valence-electron chi connectivity index (χ1n) is 18.2. The molecule has 12 aromatic rings. The average molecular weight is 721 g/mol. The quantitative estimate of drug-likeness (QED) is 0.170. The van der Waals surface area contributed by atoms with Crippen molar-refractivity contribution in [1.29, 1.82) is 0 Å². The zero-order chi connectivity index (χ0) is 35.3. The smallest absolute Gasteiger partial charge is 0.143 e. The summed E-state index contributed by atoms with van der Waals surface area (Å²) in [5.41, 5.74) is 7.26. The van der Waals surface area contributed by atoms with Crippen LogP contribution in [0.4, 0.5) is 0 Å². The molecule has 9 aromatic carbocycles. The van der Waals surface area contributed by atoms with Gasteiger partial charge in [0.15, 0.2) is 0 Å². The lowest BCUT2D eigenvalue weighted by Gasteiger charge is -2.17. The Bertz CT molecular complexity index is 3500. The van der Waals surface area contributed by atoms with E-state index < -0.39 is 0 Å². The van der Waals surface area contributed by atoms with Gasteiger partial charge in [0.05, 0.1) is 11.4 Å². The van der Waals surface area contributed by atoms with Crippen LogP contribution in [0.3, 0.4) is 0 Å². The van der Waals surface area contributed by atoms with Crippen molar-refractivity contribution in [3.05, 3.63) is 170 Å². The Morgan fingerprint density at radius 3 is 1.87 bits per heavy atom. The van der Waals surface area contributed by atoms with Gasteiger partial charge in [-0.25, -0.2) is 9.97 Å². The third-order valence-corrected chi connectivity index (χ3v) is 13.3. The second-order valence-electron chi connectivity index (χ2n) is 14.0. The minimum absolute atomic E-state index is 0.899. The molecule has 0 atom stereocenters. The SMILES string of the molecule is c1ccc(-c2cccc(-c3nc4sc5ccccc5c4nc3-c3cc4ccccc4c4c5ccccc5c5c6ccc7ccccc7c6sc5c34)c2)cc1. The summed E-state index contributed by atoms with van der Waals surface area (Å²) < 4.78 is 3.81. The summed E-state index contributed by atoms with van der Waals surface area (Å²) in [6.45, 7) is 0. The van der Waals surface area contributed by atoms with E-state index in [-0.39, 0.29) is 0 Å². The molecule has 4 heteroatoms. The fraction of sp³-hybridized carbons (Fsp3) is 0. The van der Waals surface area contributed by atoms with Crippen LogP contribution in [0.1, 0.15) is 0 Å². The number of fused-ring (bicyclic) bond motifs is 15. The first-order chi connectivity index (χ1) is 26.8. The molecule has 0 aliphatic carbocycles. The highest BCUT2D eigenvalue weighted by molar-refractivity contribution is 7.28. The minimum Gasteiger partial charge on any atom is -0.242 e. The molecule has 0 spiro atoms. The lowest BCUT2D eigenvalue weighted by atomic mass is 9.88. The molecular weight excluding hydrogens is 693 g/mol. The van der Waals surface area contributed by atoms with Crippen molar-refractivity contribution in [2.75, 3.05) is 0 Å². The normalized spacial score (nSPS) is 12.1. The molecule has 0 fully saturated rings. The fourth-order valence-corrected chi connectivity index (χ4v) is 11.1. The van der Waals surface area contributed by atoms with Gasteiger partial charge >= 0.3 is 0 Å². The third kappa shape index (κ3) is 4.32. The van der Waals surface area contributed by atoms with Gasteiger partial charge in [0.25, 0.3) is 0 Å². The molecule has 0 unspecified atom stereocenters. The molecule has 0 saturated carbocycles. The van der Waals surface area contributed by atoms with Crippen molar-refractivity contribution in [3.8, 4) is 33.6 Å². The average Bonchev–Trinajstić information content (AvgIpc) is 3.82. The maximum atomic E-state index is 5.71. The molecule has 54 heavy (non-hydrogen) atoms. The van der Waals surface area contributed by atoms with E-state index in [1.807, 2.05) is 11.3 Å². The van der Waals surface area contributed by atoms with E-state index in [9.17, 15) is 0 Å². The van der Waals surface area contributed by atoms with Gasteiger partial charge in [-0.2, -0.15) is 0 Å². The van der Waals surface area contributed by atoms with E-state index in [1.165, 1.54) is 73.5 Å². The van der Waals surface area contributed by atoms with Gasteiger partial charge in [0.2, 0.25) is 0 Å². The van der Waals surface area contributed by atoms with Crippen LogP contribution >= 0.6 is 22.7 Å². The van der Waals surface area contributed by atoms with Crippen LogP contribution in [0.25, 0.3) is 117 Å². The number of nitrogens with zero attached hydrogens (tertiary/aromatic N) is 2. The van der Waals surface area contributed by atoms with Crippen molar-refractivity contribution in [2.24, 2.45) is 0 Å². The topological polar surface area (TPSA) is 25.8 Å². The molecule has 3 heterocycles. The highest BCUT2D eigenvalue weighted by atomic mass is 32.1. The zero-order valence-corrected chi connectivity index (χ0v) is 30.5. The molecule has 0 amide bonds. The molecule has 0 aliphatic heterocycles. The molecule has 0 aliphatic rings. The minimum atomic E-state index is 0.899. The first kappa shape index (κ1) is 30.0. The number of hydrogen-bond donors (Lipinski definition) is 0. The van der Waals surface area contributed by atoms with E-state index in [4.69, 9.17) is 9.97 Å². The predicted molar refractivity (Wildman–Crippen MR) is 234 cm³/mol. The fourth-order valence-electron chi connectivity index (χ4n) is 8.63. The Morgan fingerprint density at radius 1 is 0.352 bits per heavy atom. The maximum Gasteiger partial charge on any atom is 0.143 e. The van der Waals surface area contributed by atoms with Gasteiger partial charge in [0.1, 0.15) is 10.3 Å². The van der Waals surface area contributed by atoms with Crippen LogP contribution in [-0.2, 0) is 0 Å². The maximum absolute atomic E-state index is 5.71. The van der Waals surface area contributed by atoms with Crippen LogP contribution in [0.15, 0.2) is 170 Å². The summed E-state index contributed by atoms with van der Waals surface area (Å²) in [4.78, 5) is 12.2. The zero-order valence-electron chi connectivity index (χ0n) is 28.9. The molecular formula is C50H28N2S2. The number of rotatable bonds is 3. The van der Waals surface area contributed by atoms with Crippen LogP contribution in [-0.4, -0.2) is 9.97 Å². The molecule has 0 bridgehead atoms. The van der Waals surface area contributed by atoms with Crippen molar-refractivity contribution in [2.45, 2.75) is 0 Å². The van der Waals surface area contributed by atoms with Crippen LogP contribution in [0.5, 0.6) is 0 Å². The third-order valence-electron chi connectivity index (χ3n) is 11.0. The second kappa shape index (κ2) is 11.5. The first-order valence-corrected chi connectivity index (χ1v) is 19.9. The van der Waals surface area contributed by atoms with Crippen LogP contribution < -0.4 is 0 Å². The van der Waals surface area contributed by atoms with Gasteiger partial charge in [-0.1, -0.05) is 152 Å². The number of thiophene rings is 2. The standard InChI is InChI=1S/C50H28N2S2/c1-2-13-29(14-3-1)31-17-12-18-33(27-31)45-46(51-47-38-23-10-11-24-41(38)53-50(47)52-45)40-28-32-16-5-6-19-34(32)42-36-21-8-9-22-37(36)43-39-26-25-30-15-4-7-20-35(30)48(39)54-49(43)44(40)42/h1-28H. The number of hydrogen-bond acceptors (Lipinski definition) is 4. The van der Waals surface area contributed by atoms with Crippen molar-refractivity contribution in [1.82, 2.24) is 9.97 Å². The molecule has 0 radical (unpaired) electrons. The predicted octanol–water partition coefficient (Wildman–Crippen LogP) is 14.8. The van der Waals surface area contributed by atoms with Gasteiger partial charge in [-0.05, 0) is 67.0 Å². The van der Waals surface area contributed by atoms with E-state index >= 15 is 0 Å². The summed E-state index contributed by atoms with van der Waals surface area (Å²) in [6, 6.07) is 61.6. The molecule has 12 rings (SSSR count). The largest absolute Gasteiger partial charge is 0.242 e. The van der Waals surface area contributed by atoms with Gasteiger partial charge in [0, 0.05) is 46.8 Å². The lowest BCUT2D eigenvalue weighted by molar-refractivity contribution is 1.32. The lowest BCUT2D eigenvalue weighted by Crippen LogP contribution is -1.96. The molecule has 0 N–H and O–H groups in total. The van der Waals surface area contributed by atoms with E-state index in [0.717, 1.165) is 43.8 Å². The van der Waals surface area contributed by atoms with Crippen LogP contribution in [0, 0.1) is 0 Å². The van der Waals surface area contributed by atoms with Gasteiger partial charge < -0.3 is 0 Å². The Balaban J connectivity index is 1.30. The summed E-state index contributed by atoms with van der Waals surface area (Å²) in [5, 5.41) is 13.8. The van der Waals surface area contributed by atoms with Crippen molar-refractivity contribution >= 4 is 106 Å². The molecule has 0 saturated heterocycles. The van der Waals surface area contributed by atoms with Crippen molar-refractivity contribution in [3.63, 3.8) is 0 Å². The van der Waals surface area contributed by atoms with E-state index in [2.05, 4.69) is 170 Å². The number of benzene rings is 9. The van der Waals surface area contributed by atoms with Crippen molar-refractivity contribution < 1.29 is 0 Å². The Kier molecular flexibility index (Phi) is 6.41. The highest BCUT2D eigenvalue weighted by Crippen LogP contribution is 2.51. The van der Waals surface area contributed by atoms with E-state index in [1.54, 1.807) is 11.3 Å². The van der Waals surface area contributed by atoms with E-state index in [0.29, 0.717) is 0 Å². The molecule has 2 nitrogen and oxygen atoms in total. The number of aromatic nitrogens is 2. The monoisotopic (exact) mass is 720 g/mol. The molecule has 3 aromatic heterocycles. The summed E-state index contributed by atoms with van der Waals surface area (Å²) in [6.07, 6.45) is 0. The summed E-state index contributed by atoms with van der Waals surface area (Å²) in [7, 11) is 0. The highest BCUT2D eigenvalue weighted by Gasteiger charge is 2.24. The second-order valence-corrected chi connectivity index (χ2v) is 16.1. The Labute approximate surface area is 318 Å².